The quantitative estimate of drug-likeness (QED) is 0.649. The van der Waals surface area contributed by atoms with Crippen molar-refractivity contribution in [3.63, 3.8) is 0 Å². The van der Waals surface area contributed by atoms with Gasteiger partial charge in [0.2, 0.25) is 11.8 Å². The van der Waals surface area contributed by atoms with E-state index in [0.717, 1.165) is 4.88 Å². The van der Waals surface area contributed by atoms with E-state index < -0.39 is 17.4 Å². The Morgan fingerprint density at radius 3 is 2.84 bits per heavy atom. The van der Waals surface area contributed by atoms with Crippen LogP contribution in [0.25, 0.3) is 6.08 Å². The number of hydrogen-bond donors (Lipinski definition) is 1. The average Bonchev–Trinajstić information content (AvgIpc) is 2.84. The molecule has 0 unspecified atom stereocenters. The fourth-order valence-electron chi connectivity index (χ4n) is 1.77. The summed E-state index contributed by atoms with van der Waals surface area (Å²) in [5.41, 5.74) is -1.02. The Morgan fingerprint density at radius 2 is 2.21 bits per heavy atom. The first-order valence-electron chi connectivity index (χ1n) is 5.79. The van der Waals surface area contributed by atoms with Crippen molar-refractivity contribution in [3.05, 3.63) is 28.5 Å². The van der Waals surface area contributed by atoms with Gasteiger partial charge in [0, 0.05) is 11.0 Å². The molecule has 0 saturated carbocycles. The van der Waals surface area contributed by atoms with Crippen molar-refractivity contribution in [2.45, 2.75) is 19.4 Å². The predicted octanol–water partition coefficient (Wildman–Crippen LogP) is 1.02. The molecule has 1 saturated heterocycles. The van der Waals surface area contributed by atoms with Gasteiger partial charge in [0.25, 0.3) is 5.91 Å². The minimum absolute atomic E-state index is 0.105. The summed E-state index contributed by atoms with van der Waals surface area (Å²) in [6, 6.07) is 3.77. The molecule has 1 N–H and O–H groups in total. The lowest BCUT2D eigenvalue weighted by Crippen LogP contribution is -2.65. The van der Waals surface area contributed by atoms with Crippen molar-refractivity contribution in [1.82, 2.24) is 10.2 Å². The lowest BCUT2D eigenvalue weighted by atomic mass is 9.98. The highest BCUT2D eigenvalue weighted by Gasteiger charge is 2.42. The molecule has 1 aliphatic rings. The molecule has 1 aromatic rings. The predicted molar refractivity (Wildman–Crippen MR) is 72.3 cm³/mol. The molecule has 100 valence electrons. The van der Waals surface area contributed by atoms with Gasteiger partial charge >= 0.3 is 0 Å². The largest absolute Gasteiger partial charge is 0.316 e. The Labute approximate surface area is 114 Å². The van der Waals surface area contributed by atoms with Crippen LogP contribution in [-0.4, -0.2) is 34.7 Å². The van der Waals surface area contributed by atoms with Crippen molar-refractivity contribution in [1.29, 1.82) is 0 Å². The van der Waals surface area contributed by atoms with Gasteiger partial charge in [0.15, 0.2) is 0 Å². The number of nitrogens with one attached hydrogen (secondary N) is 1. The van der Waals surface area contributed by atoms with Gasteiger partial charge in [-0.3, -0.25) is 19.7 Å². The van der Waals surface area contributed by atoms with Crippen LogP contribution in [-0.2, 0) is 14.4 Å². The van der Waals surface area contributed by atoms with Gasteiger partial charge in [0.1, 0.15) is 12.1 Å². The third-order valence-electron chi connectivity index (χ3n) is 2.98. The summed E-state index contributed by atoms with van der Waals surface area (Å²) in [6.07, 6.45) is 3.07. The Morgan fingerprint density at radius 1 is 1.47 bits per heavy atom. The summed E-state index contributed by atoms with van der Waals surface area (Å²) in [5.74, 6) is -1.26. The summed E-state index contributed by atoms with van der Waals surface area (Å²) >= 11 is 1.51. The first kappa shape index (κ1) is 13.5. The molecule has 1 aliphatic heterocycles. The van der Waals surface area contributed by atoms with E-state index in [4.69, 9.17) is 0 Å². The second-order valence-corrected chi connectivity index (χ2v) is 5.69. The highest BCUT2D eigenvalue weighted by Crippen LogP contribution is 2.19. The fourth-order valence-corrected chi connectivity index (χ4v) is 2.38. The first-order chi connectivity index (χ1) is 8.91. The molecule has 1 fully saturated rings. The third kappa shape index (κ3) is 2.73. The number of hydrogen-bond acceptors (Lipinski definition) is 4. The van der Waals surface area contributed by atoms with Gasteiger partial charge in [-0.05, 0) is 31.4 Å². The summed E-state index contributed by atoms with van der Waals surface area (Å²) in [5, 5.41) is 4.14. The molecule has 6 heteroatoms. The molecule has 0 atom stereocenters. The van der Waals surface area contributed by atoms with Crippen molar-refractivity contribution < 1.29 is 14.4 Å². The van der Waals surface area contributed by atoms with Gasteiger partial charge in [-0.15, -0.1) is 11.3 Å². The zero-order valence-corrected chi connectivity index (χ0v) is 11.5. The van der Waals surface area contributed by atoms with Gasteiger partial charge in [-0.2, -0.15) is 0 Å². The fraction of sp³-hybridized carbons (Fsp3) is 0.308. The van der Waals surface area contributed by atoms with Crippen molar-refractivity contribution in [2.24, 2.45) is 0 Å². The van der Waals surface area contributed by atoms with Crippen LogP contribution >= 0.6 is 11.3 Å². The SMILES string of the molecule is CC1(C)C(=O)NC(=O)CN1C(=O)C=Cc1cccs1. The van der Waals surface area contributed by atoms with Crippen molar-refractivity contribution in [2.75, 3.05) is 6.54 Å². The van der Waals surface area contributed by atoms with Crippen LogP contribution in [0.2, 0.25) is 0 Å². The standard InChI is InChI=1S/C13H14N2O3S/c1-13(2)12(18)14-10(16)8-15(13)11(17)6-5-9-4-3-7-19-9/h3-7H,8H2,1-2H3,(H,14,16,18). The minimum Gasteiger partial charge on any atom is -0.316 e. The van der Waals surface area contributed by atoms with E-state index >= 15 is 0 Å². The van der Waals surface area contributed by atoms with E-state index in [1.165, 1.54) is 22.3 Å². The summed E-state index contributed by atoms with van der Waals surface area (Å²) in [6.45, 7) is 3.13. The Hall–Kier alpha value is -1.95. The van der Waals surface area contributed by atoms with E-state index in [-0.39, 0.29) is 12.5 Å². The third-order valence-corrected chi connectivity index (χ3v) is 3.82. The molecule has 0 radical (unpaired) electrons. The van der Waals surface area contributed by atoms with Crippen LogP contribution in [0.1, 0.15) is 18.7 Å². The average molecular weight is 278 g/mol. The van der Waals surface area contributed by atoms with E-state index in [1.54, 1.807) is 19.9 Å². The summed E-state index contributed by atoms with van der Waals surface area (Å²) < 4.78 is 0. The molecule has 5 nitrogen and oxygen atoms in total. The maximum absolute atomic E-state index is 12.1. The van der Waals surface area contributed by atoms with Crippen LogP contribution < -0.4 is 5.32 Å². The second-order valence-electron chi connectivity index (χ2n) is 4.71. The monoisotopic (exact) mass is 278 g/mol. The molecule has 19 heavy (non-hydrogen) atoms. The number of carbonyl (C=O) groups excluding carboxylic acids is 3. The van der Waals surface area contributed by atoms with E-state index in [9.17, 15) is 14.4 Å². The highest BCUT2D eigenvalue weighted by molar-refractivity contribution is 7.10. The molecule has 3 amide bonds. The van der Waals surface area contributed by atoms with Crippen LogP contribution in [0, 0.1) is 0 Å². The number of nitrogens with zero attached hydrogens (tertiary/aromatic N) is 1. The number of imide groups is 1. The first-order valence-corrected chi connectivity index (χ1v) is 6.66. The molecule has 0 aliphatic carbocycles. The number of carbonyl (C=O) groups is 3. The number of amides is 3. The number of rotatable bonds is 2. The Kier molecular flexibility index (Phi) is 3.53. The Bertz CT molecular complexity index is 546. The molecular weight excluding hydrogens is 264 g/mol. The van der Waals surface area contributed by atoms with E-state index in [0.29, 0.717) is 0 Å². The minimum atomic E-state index is -1.02. The normalized spacial score (nSPS) is 18.7. The summed E-state index contributed by atoms with van der Waals surface area (Å²) in [4.78, 5) is 37.4. The second kappa shape index (κ2) is 4.97. The van der Waals surface area contributed by atoms with Crippen LogP contribution in [0.15, 0.2) is 23.6 Å². The van der Waals surface area contributed by atoms with E-state index in [1.807, 2.05) is 17.5 Å². The Balaban J connectivity index is 2.17. The zero-order chi connectivity index (χ0) is 14.0. The van der Waals surface area contributed by atoms with Gasteiger partial charge < -0.3 is 4.90 Å². The van der Waals surface area contributed by atoms with Gasteiger partial charge in [-0.25, -0.2) is 0 Å². The molecule has 0 spiro atoms. The lowest BCUT2D eigenvalue weighted by molar-refractivity contribution is -0.153. The molecule has 2 rings (SSSR count). The van der Waals surface area contributed by atoms with Crippen molar-refractivity contribution >= 4 is 35.1 Å². The zero-order valence-electron chi connectivity index (χ0n) is 10.7. The van der Waals surface area contributed by atoms with Gasteiger partial charge in [0.05, 0.1) is 0 Å². The molecular formula is C13H14N2O3S. The molecule has 0 aromatic carbocycles. The van der Waals surface area contributed by atoms with Crippen molar-refractivity contribution in [3.8, 4) is 0 Å². The molecule has 1 aromatic heterocycles. The van der Waals surface area contributed by atoms with Gasteiger partial charge in [-0.1, -0.05) is 6.07 Å². The molecule has 2 heterocycles. The molecule has 0 bridgehead atoms. The highest BCUT2D eigenvalue weighted by atomic mass is 32.1. The van der Waals surface area contributed by atoms with E-state index in [2.05, 4.69) is 5.32 Å². The topological polar surface area (TPSA) is 66.5 Å². The lowest BCUT2D eigenvalue weighted by Gasteiger charge is -2.39. The maximum atomic E-state index is 12.1. The maximum Gasteiger partial charge on any atom is 0.252 e. The smallest absolute Gasteiger partial charge is 0.252 e. The van der Waals surface area contributed by atoms with Crippen LogP contribution in [0.5, 0.6) is 0 Å². The van der Waals surface area contributed by atoms with Crippen LogP contribution in [0.4, 0.5) is 0 Å². The number of thiophene rings is 1. The number of piperazine rings is 1. The van der Waals surface area contributed by atoms with Crippen LogP contribution in [0.3, 0.4) is 0 Å². The summed E-state index contributed by atoms with van der Waals surface area (Å²) in [7, 11) is 0.